The number of aliphatic imine (C=N–C) groups is 1. The Morgan fingerprint density at radius 2 is 2.00 bits per heavy atom. The molecule has 2 rings (SSSR count). The van der Waals surface area contributed by atoms with Gasteiger partial charge in [0, 0.05) is 25.8 Å². The van der Waals surface area contributed by atoms with Crippen molar-refractivity contribution in [3.05, 3.63) is 47.8 Å². The monoisotopic (exact) mass is 343 g/mol. The molecule has 1 aromatic heterocycles. The highest BCUT2D eigenvalue weighted by Gasteiger charge is 2.06. The van der Waals surface area contributed by atoms with Crippen LogP contribution in [-0.4, -0.2) is 42.0 Å². The van der Waals surface area contributed by atoms with Crippen LogP contribution in [0.15, 0.2) is 41.4 Å². The second-order valence-corrected chi connectivity index (χ2v) is 6.13. The number of aryl methyl sites for hydroxylation is 3. The van der Waals surface area contributed by atoms with E-state index < -0.39 is 0 Å². The van der Waals surface area contributed by atoms with E-state index in [4.69, 9.17) is 4.74 Å². The zero-order chi connectivity index (χ0) is 18.1. The summed E-state index contributed by atoms with van der Waals surface area (Å²) in [5, 5.41) is 11.1. The molecule has 1 unspecified atom stereocenters. The first-order valence-electron chi connectivity index (χ1n) is 8.75. The molecule has 0 saturated carbocycles. The van der Waals surface area contributed by atoms with Gasteiger partial charge in [0.25, 0.3) is 0 Å². The summed E-state index contributed by atoms with van der Waals surface area (Å²) in [6.07, 6.45) is 1.04. The minimum absolute atomic E-state index is 0.0515. The molecule has 25 heavy (non-hydrogen) atoms. The van der Waals surface area contributed by atoms with Crippen LogP contribution in [0.25, 0.3) is 0 Å². The quantitative estimate of drug-likeness (QED) is 0.439. The molecule has 6 heteroatoms. The Bertz CT molecular complexity index is 666. The summed E-state index contributed by atoms with van der Waals surface area (Å²) in [6, 6.07) is 11.9. The predicted octanol–water partition coefficient (Wildman–Crippen LogP) is 2.52. The van der Waals surface area contributed by atoms with Crippen LogP contribution in [0.3, 0.4) is 0 Å². The molecule has 0 radical (unpaired) electrons. The van der Waals surface area contributed by atoms with E-state index >= 15 is 0 Å². The van der Waals surface area contributed by atoms with Crippen molar-refractivity contribution < 1.29 is 4.74 Å². The van der Waals surface area contributed by atoms with E-state index in [1.807, 2.05) is 48.9 Å². The normalized spacial score (nSPS) is 12.7. The average molecular weight is 343 g/mol. The van der Waals surface area contributed by atoms with Crippen LogP contribution in [0.1, 0.15) is 24.7 Å². The van der Waals surface area contributed by atoms with Crippen molar-refractivity contribution >= 4 is 5.96 Å². The van der Waals surface area contributed by atoms with Crippen LogP contribution in [0.2, 0.25) is 0 Å². The largest absolute Gasteiger partial charge is 0.489 e. The standard InChI is InChI=1S/C19H29N5O/c1-15-13-16(2)24(23-15)12-8-11-21-19(20-4)22-14-17(3)25-18-9-6-5-7-10-18/h5-7,9-10,13,17H,8,11-12,14H2,1-4H3,(H2,20,21,22). The van der Waals surface area contributed by atoms with E-state index in [2.05, 4.69) is 33.7 Å². The lowest BCUT2D eigenvalue weighted by molar-refractivity contribution is 0.224. The molecule has 136 valence electrons. The molecule has 1 heterocycles. The molecule has 0 saturated heterocycles. The Hall–Kier alpha value is -2.50. The summed E-state index contributed by atoms with van der Waals surface area (Å²) in [4.78, 5) is 4.25. The molecule has 0 aliphatic rings. The van der Waals surface area contributed by atoms with E-state index in [1.54, 1.807) is 7.05 Å². The summed E-state index contributed by atoms with van der Waals surface area (Å²) in [5.41, 5.74) is 2.27. The van der Waals surface area contributed by atoms with Crippen LogP contribution in [0, 0.1) is 13.8 Å². The zero-order valence-corrected chi connectivity index (χ0v) is 15.6. The maximum Gasteiger partial charge on any atom is 0.191 e. The fourth-order valence-corrected chi connectivity index (χ4v) is 2.57. The van der Waals surface area contributed by atoms with Gasteiger partial charge < -0.3 is 15.4 Å². The second kappa shape index (κ2) is 9.71. The number of benzene rings is 1. The van der Waals surface area contributed by atoms with Crippen LogP contribution < -0.4 is 15.4 Å². The van der Waals surface area contributed by atoms with E-state index in [0.29, 0.717) is 6.54 Å². The third-order valence-corrected chi connectivity index (χ3v) is 3.80. The molecule has 0 fully saturated rings. The lowest BCUT2D eigenvalue weighted by Crippen LogP contribution is -2.42. The molecule has 0 amide bonds. The van der Waals surface area contributed by atoms with Crippen LogP contribution >= 0.6 is 0 Å². The van der Waals surface area contributed by atoms with Gasteiger partial charge in [-0.05, 0) is 45.4 Å². The number of guanidine groups is 1. The minimum atomic E-state index is 0.0515. The third-order valence-electron chi connectivity index (χ3n) is 3.80. The van der Waals surface area contributed by atoms with Crippen molar-refractivity contribution in [1.82, 2.24) is 20.4 Å². The summed E-state index contributed by atoms with van der Waals surface area (Å²) in [6.45, 7) is 8.57. The first-order chi connectivity index (χ1) is 12.1. The summed E-state index contributed by atoms with van der Waals surface area (Å²) in [7, 11) is 1.78. The zero-order valence-electron chi connectivity index (χ0n) is 15.6. The molecular weight excluding hydrogens is 314 g/mol. The Balaban J connectivity index is 1.65. The van der Waals surface area contributed by atoms with Crippen molar-refractivity contribution in [3.63, 3.8) is 0 Å². The van der Waals surface area contributed by atoms with Gasteiger partial charge in [-0.15, -0.1) is 0 Å². The Morgan fingerprint density at radius 1 is 1.24 bits per heavy atom. The second-order valence-electron chi connectivity index (χ2n) is 6.13. The maximum atomic E-state index is 5.85. The fourth-order valence-electron chi connectivity index (χ4n) is 2.57. The van der Waals surface area contributed by atoms with Gasteiger partial charge in [-0.25, -0.2) is 0 Å². The number of rotatable bonds is 8. The predicted molar refractivity (Wildman–Crippen MR) is 102 cm³/mol. The highest BCUT2D eigenvalue weighted by Crippen LogP contribution is 2.10. The van der Waals surface area contributed by atoms with Crippen LogP contribution in [0.4, 0.5) is 0 Å². The number of ether oxygens (including phenoxy) is 1. The molecule has 0 aliphatic carbocycles. The number of hydrogen-bond donors (Lipinski definition) is 2. The van der Waals surface area contributed by atoms with Gasteiger partial charge in [0.1, 0.15) is 11.9 Å². The number of nitrogens with zero attached hydrogens (tertiary/aromatic N) is 3. The average Bonchev–Trinajstić information content (AvgIpc) is 2.92. The van der Waals surface area contributed by atoms with Crippen molar-refractivity contribution in [2.45, 2.75) is 39.8 Å². The van der Waals surface area contributed by atoms with E-state index in [-0.39, 0.29) is 6.10 Å². The molecule has 2 aromatic rings. The van der Waals surface area contributed by atoms with Gasteiger partial charge in [0.05, 0.1) is 12.2 Å². The molecular formula is C19H29N5O. The summed E-state index contributed by atoms with van der Waals surface area (Å²) >= 11 is 0. The molecule has 1 atom stereocenters. The fraction of sp³-hybridized carbons (Fsp3) is 0.474. The van der Waals surface area contributed by atoms with Gasteiger partial charge >= 0.3 is 0 Å². The third kappa shape index (κ3) is 6.49. The number of para-hydroxylation sites is 1. The molecule has 6 nitrogen and oxygen atoms in total. The SMILES string of the molecule is CN=C(NCCCn1nc(C)cc1C)NCC(C)Oc1ccccc1. The number of hydrogen-bond acceptors (Lipinski definition) is 3. The summed E-state index contributed by atoms with van der Waals surface area (Å²) < 4.78 is 7.90. The van der Waals surface area contributed by atoms with Gasteiger partial charge in [-0.1, -0.05) is 18.2 Å². The van der Waals surface area contributed by atoms with Crippen molar-refractivity contribution in [2.75, 3.05) is 20.1 Å². The molecule has 0 spiro atoms. The van der Waals surface area contributed by atoms with E-state index in [1.165, 1.54) is 5.69 Å². The van der Waals surface area contributed by atoms with E-state index in [0.717, 1.165) is 36.9 Å². The summed E-state index contributed by atoms with van der Waals surface area (Å²) in [5.74, 6) is 1.67. The lowest BCUT2D eigenvalue weighted by atomic mass is 10.3. The van der Waals surface area contributed by atoms with Crippen molar-refractivity contribution in [2.24, 2.45) is 4.99 Å². The smallest absolute Gasteiger partial charge is 0.191 e. The Labute approximate surface area is 150 Å². The highest BCUT2D eigenvalue weighted by atomic mass is 16.5. The van der Waals surface area contributed by atoms with Gasteiger partial charge in [0.15, 0.2) is 5.96 Å². The molecule has 2 N–H and O–H groups in total. The first kappa shape index (κ1) is 18.8. The Kier molecular flexibility index (Phi) is 7.32. The highest BCUT2D eigenvalue weighted by molar-refractivity contribution is 5.79. The molecule has 0 aliphatic heterocycles. The van der Waals surface area contributed by atoms with Crippen LogP contribution in [-0.2, 0) is 6.54 Å². The van der Waals surface area contributed by atoms with Crippen molar-refractivity contribution in [1.29, 1.82) is 0 Å². The molecule has 1 aromatic carbocycles. The van der Waals surface area contributed by atoms with Gasteiger partial charge in [0.2, 0.25) is 0 Å². The van der Waals surface area contributed by atoms with Crippen molar-refractivity contribution in [3.8, 4) is 5.75 Å². The van der Waals surface area contributed by atoms with Gasteiger partial charge in [-0.2, -0.15) is 5.10 Å². The molecule has 0 bridgehead atoms. The minimum Gasteiger partial charge on any atom is -0.489 e. The number of aromatic nitrogens is 2. The maximum absolute atomic E-state index is 5.85. The topological polar surface area (TPSA) is 63.5 Å². The van der Waals surface area contributed by atoms with E-state index in [9.17, 15) is 0 Å². The Morgan fingerprint density at radius 3 is 2.64 bits per heavy atom. The van der Waals surface area contributed by atoms with Gasteiger partial charge in [-0.3, -0.25) is 9.67 Å². The van der Waals surface area contributed by atoms with Crippen LogP contribution in [0.5, 0.6) is 5.75 Å². The first-order valence-corrected chi connectivity index (χ1v) is 8.75. The lowest BCUT2D eigenvalue weighted by Gasteiger charge is -2.17. The number of nitrogens with one attached hydrogen (secondary N) is 2.